The number of aromatic nitrogens is 2. The van der Waals surface area contributed by atoms with Crippen LogP contribution in [0.25, 0.3) is 0 Å². The van der Waals surface area contributed by atoms with Gasteiger partial charge in [0.25, 0.3) is 0 Å². The summed E-state index contributed by atoms with van der Waals surface area (Å²) in [5.41, 5.74) is 8.42. The summed E-state index contributed by atoms with van der Waals surface area (Å²) in [6, 6.07) is 6.35. The Balaban J connectivity index is 1.90. The molecule has 0 saturated heterocycles. The van der Waals surface area contributed by atoms with Crippen molar-refractivity contribution in [1.29, 1.82) is 0 Å². The quantitative estimate of drug-likeness (QED) is 0.909. The normalized spacial score (nSPS) is 21.6. The minimum absolute atomic E-state index is 0.000694. The monoisotopic (exact) mass is 335 g/mol. The van der Waals surface area contributed by atoms with Gasteiger partial charge in [-0.2, -0.15) is 5.10 Å². The van der Waals surface area contributed by atoms with Gasteiger partial charge in [0.2, 0.25) is 0 Å². The van der Waals surface area contributed by atoms with Crippen LogP contribution >= 0.6 is 15.9 Å². The highest BCUT2D eigenvalue weighted by Crippen LogP contribution is 2.40. The zero-order chi connectivity index (χ0) is 14.3. The lowest BCUT2D eigenvalue weighted by atomic mass is 9.95. The number of hydrogen-bond donors (Lipinski definition) is 1. The van der Waals surface area contributed by atoms with Crippen molar-refractivity contribution in [2.45, 2.75) is 38.5 Å². The highest BCUT2D eigenvalue weighted by atomic mass is 79.9. The third kappa shape index (κ3) is 2.47. The first-order valence-corrected chi connectivity index (χ1v) is 7.59. The van der Waals surface area contributed by atoms with Crippen LogP contribution in [-0.2, 0) is 0 Å². The average molecular weight is 336 g/mol. The summed E-state index contributed by atoms with van der Waals surface area (Å²) in [6.07, 6.45) is 4.67. The molecule has 20 heavy (non-hydrogen) atoms. The highest BCUT2D eigenvalue weighted by Gasteiger charge is 2.28. The molecule has 5 heteroatoms. The molecule has 0 fully saturated rings. The van der Waals surface area contributed by atoms with Gasteiger partial charge in [-0.05, 0) is 26.0 Å². The first-order valence-electron chi connectivity index (χ1n) is 6.80. The SMILES string of the molecule is CC(C)n1cc(C2CC(N)c3ccc(Br)cc3O2)cn1. The number of benzene rings is 1. The van der Waals surface area contributed by atoms with E-state index in [4.69, 9.17) is 10.5 Å². The van der Waals surface area contributed by atoms with Crippen molar-refractivity contribution in [1.82, 2.24) is 9.78 Å². The van der Waals surface area contributed by atoms with Gasteiger partial charge in [0.05, 0.1) is 6.20 Å². The van der Waals surface area contributed by atoms with Crippen LogP contribution in [0.4, 0.5) is 0 Å². The Kier molecular flexibility index (Phi) is 3.56. The van der Waals surface area contributed by atoms with Crippen molar-refractivity contribution in [2.75, 3.05) is 0 Å². The van der Waals surface area contributed by atoms with E-state index in [9.17, 15) is 0 Å². The maximum atomic E-state index is 6.27. The Bertz CT molecular complexity index is 623. The van der Waals surface area contributed by atoms with Gasteiger partial charge >= 0.3 is 0 Å². The first kappa shape index (κ1) is 13.6. The van der Waals surface area contributed by atoms with E-state index in [1.165, 1.54) is 0 Å². The first-order chi connectivity index (χ1) is 9.54. The lowest BCUT2D eigenvalue weighted by Crippen LogP contribution is -2.23. The highest BCUT2D eigenvalue weighted by molar-refractivity contribution is 9.10. The summed E-state index contributed by atoms with van der Waals surface area (Å²) in [5.74, 6) is 0.862. The van der Waals surface area contributed by atoms with E-state index in [0.29, 0.717) is 6.04 Å². The van der Waals surface area contributed by atoms with E-state index >= 15 is 0 Å². The Labute approximate surface area is 127 Å². The molecule has 1 aromatic carbocycles. The Hall–Kier alpha value is -1.33. The topological polar surface area (TPSA) is 53.1 Å². The van der Waals surface area contributed by atoms with Crippen molar-refractivity contribution < 1.29 is 4.74 Å². The number of ether oxygens (including phenoxy) is 1. The standard InChI is InChI=1S/C15H18BrN3O/c1-9(2)19-8-10(7-18-19)14-6-13(17)12-4-3-11(16)5-15(12)20-14/h3-5,7-9,13-14H,6,17H2,1-2H3. The fourth-order valence-electron chi connectivity index (χ4n) is 2.48. The number of rotatable bonds is 2. The summed E-state index contributed by atoms with van der Waals surface area (Å²) >= 11 is 3.47. The van der Waals surface area contributed by atoms with Gasteiger partial charge in [0.15, 0.2) is 0 Å². The third-order valence-electron chi connectivity index (χ3n) is 3.63. The number of fused-ring (bicyclic) bond motifs is 1. The van der Waals surface area contributed by atoms with E-state index < -0.39 is 0 Å². The molecule has 2 N–H and O–H groups in total. The molecule has 106 valence electrons. The Morgan fingerprint density at radius 1 is 1.45 bits per heavy atom. The maximum absolute atomic E-state index is 6.27. The smallest absolute Gasteiger partial charge is 0.129 e. The lowest BCUT2D eigenvalue weighted by molar-refractivity contribution is 0.161. The summed E-state index contributed by atoms with van der Waals surface area (Å²) < 4.78 is 9.05. The van der Waals surface area contributed by atoms with Crippen molar-refractivity contribution in [3.8, 4) is 5.75 Å². The van der Waals surface area contributed by atoms with Crippen LogP contribution in [0.5, 0.6) is 5.75 Å². The van der Waals surface area contributed by atoms with Crippen LogP contribution in [0.3, 0.4) is 0 Å². The predicted octanol–water partition coefficient (Wildman–Crippen LogP) is 3.75. The molecule has 4 nitrogen and oxygen atoms in total. The maximum Gasteiger partial charge on any atom is 0.129 e. The zero-order valence-electron chi connectivity index (χ0n) is 11.6. The molecule has 0 aliphatic carbocycles. The van der Waals surface area contributed by atoms with Crippen molar-refractivity contribution >= 4 is 15.9 Å². The molecule has 3 rings (SSSR count). The van der Waals surface area contributed by atoms with Crippen LogP contribution in [0.1, 0.15) is 49.6 Å². The molecule has 0 spiro atoms. The van der Waals surface area contributed by atoms with Crippen LogP contribution in [0.15, 0.2) is 35.1 Å². The summed E-state index contributed by atoms with van der Waals surface area (Å²) in [5, 5.41) is 4.38. The second kappa shape index (κ2) is 5.22. The van der Waals surface area contributed by atoms with E-state index in [-0.39, 0.29) is 12.1 Å². The zero-order valence-corrected chi connectivity index (χ0v) is 13.2. The molecule has 0 saturated carbocycles. The molecular formula is C15H18BrN3O. The fraction of sp³-hybridized carbons (Fsp3) is 0.400. The van der Waals surface area contributed by atoms with E-state index in [1.807, 2.05) is 35.3 Å². The molecular weight excluding hydrogens is 318 g/mol. The van der Waals surface area contributed by atoms with Gasteiger partial charge in [0.1, 0.15) is 11.9 Å². The van der Waals surface area contributed by atoms with Crippen LogP contribution in [0.2, 0.25) is 0 Å². The minimum atomic E-state index is -0.0284. The molecule has 1 aliphatic rings. The van der Waals surface area contributed by atoms with Crippen molar-refractivity contribution in [3.63, 3.8) is 0 Å². The van der Waals surface area contributed by atoms with E-state index in [1.54, 1.807) is 0 Å². The number of halogens is 1. The van der Waals surface area contributed by atoms with Crippen molar-refractivity contribution in [3.05, 3.63) is 46.2 Å². The fourth-order valence-corrected chi connectivity index (χ4v) is 2.82. The van der Waals surface area contributed by atoms with Crippen LogP contribution in [0, 0.1) is 0 Å². The van der Waals surface area contributed by atoms with Crippen LogP contribution < -0.4 is 10.5 Å². The average Bonchev–Trinajstić information content (AvgIpc) is 2.87. The summed E-state index contributed by atoms with van der Waals surface area (Å²) in [6.45, 7) is 4.22. The largest absolute Gasteiger partial charge is 0.485 e. The predicted molar refractivity (Wildman–Crippen MR) is 81.7 cm³/mol. The van der Waals surface area contributed by atoms with Gasteiger partial charge < -0.3 is 10.5 Å². The molecule has 2 aromatic rings. The minimum Gasteiger partial charge on any atom is -0.485 e. The molecule has 0 amide bonds. The Morgan fingerprint density at radius 2 is 2.25 bits per heavy atom. The second-order valence-corrected chi connectivity index (χ2v) is 6.39. The van der Waals surface area contributed by atoms with Gasteiger partial charge in [-0.25, -0.2) is 0 Å². The van der Waals surface area contributed by atoms with Gasteiger partial charge in [0, 0.05) is 40.3 Å². The van der Waals surface area contributed by atoms with Gasteiger partial charge in [-0.15, -0.1) is 0 Å². The van der Waals surface area contributed by atoms with Gasteiger partial charge in [-0.1, -0.05) is 22.0 Å². The molecule has 2 atom stereocenters. The number of nitrogens with two attached hydrogens (primary N) is 1. The molecule has 0 bridgehead atoms. The van der Waals surface area contributed by atoms with Gasteiger partial charge in [-0.3, -0.25) is 4.68 Å². The van der Waals surface area contributed by atoms with Crippen molar-refractivity contribution in [2.24, 2.45) is 5.73 Å². The summed E-state index contributed by atoms with van der Waals surface area (Å²) in [7, 11) is 0. The van der Waals surface area contributed by atoms with Crippen LogP contribution in [-0.4, -0.2) is 9.78 Å². The molecule has 1 aliphatic heterocycles. The second-order valence-electron chi connectivity index (χ2n) is 5.48. The Morgan fingerprint density at radius 3 is 2.95 bits per heavy atom. The molecule has 0 radical (unpaired) electrons. The third-order valence-corrected chi connectivity index (χ3v) is 4.13. The molecule has 2 heterocycles. The number of nitrogens with zero attached hydrogens (tertiary/aromatic N) is 2. The molecule has 1 aromatic heterocycles. The lowest BCUT2D eigenvalue weighted by Gasteiger charge is -2.30. The summed E-state index contributed by atoms with van der Waals surface area (Å²) in [4.78, 5) is 0. The molecule has 2 unspecified atom stereocenters. The number of hydrogen-bond acceptors (Lipinski definition) is 3. The van der Waals surface area contributed by atoms with E-state index in [0.717, 1.165) is 27.8 Å². The van der Waals surface area contributed by atoms with E-state index in [2.05, 4.69) is 34.9 Å².